The van der Waals surface area contributed by atoms with Crippen molar-refractivity contribution in [2.75, 3.05) is 25.4 Å². The summed E-state index contributed by atoms with van der Waals surface area (Å²) in [5.41, 5.74) is 1.54. The number of rotatable bonds is 2. The first-order chi connectivity index (χ1) is 8.81. The Kier molecular flexibility index (Phi) is 4.32. The maximum absolute atomic E-state index is 3.59. The molecule has 1 nitrogen and oxygen atoms in total. The van der Waals surface area contributed by atoms with E-state index in [1.165, 1.54) is 60.4 Å². The summed E-state index contributed by atoms with van der Waals surface area (Å²) < 4.78 is 1.22. The summed E-state index contributed by atoms with van der Waals surface area (Å²) in [5, 5.41) is 0. The Morgan fingerprint density at radius 2 is 2.06 bits per heavy atom. The molecule has 1 unspecified atom stereocenters. The van der Waals surface area contributed by atoms with E-state index in [1.54, 1.807) is 5.56 Å². The molecule has 0 radical (unpaired) electrons. The summed E-state index contributed by atoms with van der Waals surface area (Å²) in [5.74, 6) is 2.14. The fraction of sp³-hybridized carbons (Fsp3) is 0.600. The van der Waals surface area contributed by atoms with Crippen LogP contribution in [-0.2, 0) is 6.42 Å². The van der Waals surface area contributed by atoms with E-state index < -0.39 is 0 Å². The van der Waals surface area contributed by atoms with E-state index in [4.69, 9.17) is 0 Å². The van der Waals surface area contributed by atoms with Crippen LogP contribution in [0.25, 0.3) is 0 Å². The second kappa shape index (κ2) is 5.98. The molecule has 2 heterocycles. The minimum atomic E-state index is 0.842. The van der Waals surface area contributed by atoms with Crippen molar-refractivity contribution in [2.24, 2.45) is 5.92 Å². The summed E-state index contributed by atoms with van der Waals surface area (Å²) in [4.78, 5) is 4.17. The molecule has 0 bridgehead atoms. The first-order valence-electron chi connectivity index (χ1n) is 6.95. The SMILES string of the molecule is Brc1ccc2c(c1)CC(CN1CCCCC1)CS2. The second-order valence-electron chi connectivity index (χ2n) is 5.49. The number of hydrogen-bond donors (Lipinski definition) is 0. The summed E-state index contributed by atoms with van der Waals surface area (Å²) in [6.45, 7) is 3.96. The molecular formula is C15H20BrNS. The van der Waals surface area contributed by atoms with Gasteiger partial charge in [0.15, 0.2) is 0 Å². The molecule has 0 spiro atoms. The molecule has 1 atom stereocenters. The van der Waals surface area contributed by atoms with Gasteiger partial charge in [0.1, 0.15) is 0 Å². The number of piperidine rings is 1. The van der Waals surface area contributed by atoms with Crippen molar-refractivity contribution < 1.29 is 0 Å². The fourth-order valence-electron chi connectivity index (χ4n) is 3.05. The van der Waals surface area contributed by atoms with Crippen LogP contribution < -0.4 is 0 Å². The van der Waals surface area contributed by atoms with E-state index >= 15 is 0 Å². The molecule has 3 heteroatoms. The first-order valence-corrected chi connectivity index (χ1v) is 8.73. The van der Waals surface area contributed by atoms with Crippen LogP contribution in [0.1, 0.15) is 24.8 Å². The molecule has 0 N–H and O–H groups in total. The predicted octanol–water partition coefficient (Wildman–Crippen LogP) is 4.20. The van der Waals surface area contributed by atoms with Crippen LogP contribution in [0.4, 0.5) is 0 Å². The molecule has 0 aromatic heterocycles. The largest absolute Gasteiger partial charge is 0.303 e. The molecule has 2 aliphatic heterocycles. The third kappa shape index (κ3) is 3.12. The Labute approximate surface area is 122 Å². The van der Waals surface area contributed by atoms with Crippen molar-refractivity contribution in [3.63, 3.8) is 0 Å². The maximum Gasteiger partial charge on any atom is 0.0178 e. The van der Waals surface area contributed by atoms with Crippen LogP contribution in [0.15, 0.2) is 27.6 Å². The monoisotopic (exact) mass is 325 g/mol. The smallest absolute Gasteiger partial charge is 0.0178 e. The van der Waals surface area contributed by atoms with Gasteiger partial charge in [-0.15, -0.1) is 11.8 Å². The highest BCUT2D eigenvalue weighted by molar-refractivity contribution is 9.10. The Morgan fingerprint density at radius 3 is 2.89 bits per heavy atom. The van der Waals surface area contributed by atoms with Gasteiger partial charge in [0.05, 0.1) is 0 Å². The molecule has 3 rings (SSSR count). The number of nitrogens with zero attached hydrogens (tertiary/aromatic N) is 1. The maximum atomic E-state index is 3.59. The average molecular weight is 326 g/mol. The third-order valence-electron chi connectivity index (χ3n) is 3.97. The van der Waals surface area contributed by atoms with Crippen molar-refractivity contribution in [3.05, 3.63) is 28.2 Å². The van der Waals surface area contributed by atoms with Crippen LogP contribution in [-0.4, -0.2) is 30.3 Å². The Morgan fingerprint density at radius 1 is 1.22 bits per heavy atom. The van der Waals surface area contributed by atoms with Crippen LogP contribution in [0.2, 0.25) is 0 Å². The standard InChI is InChI=1S/C15H20BrNS/c16-14-4-5-15-13(9-14)8-12(11-18-15)10-17-6-2-1-3-7-17/h4-5,9,12H,1-3,6-8,10-11H2. The Balaban J connectivity index is 1.63. The highest BCUT2D eigenvalue weighted by atomic mass is 79.9. The van der Waals surface area contributed by atoms with E-state index in [0.717, 1.165) is 5.92 Å². The topological polar surface area (TPSA) is 3.24 Å². The zero-order chi connectivity index (χ0) is 12.4. The van der Waals surface area contributed by atoms with Gasteiger partial charge in [-0.05, 0) is 62.0 Å². The summed E-state index contributed by atoms with van der Waals surface area (Å²) in [7, 11) is 0. The second-order valence-corrected chi connectivity index (χ2v) is 7.47. The molecule has 0 saturated carbocycles. The molecule has 1 fully saturated rings. The molecule has 0 aliphatic carbocycles. The van der Waals surface area contributed by atoms with E-state index in [-0.39, 0.29) is 0 Å². The molecule has 1 aromatic rings. The predicted molar refractivity (Wildman–Crippen MR) is 82.4 cm³/mol. The average Bonchev–Trinajstić information content (AvgIpc) is 2.39. The highest BCUT2D eigenvalue weighted by Crippen LogP contribution is 2.35. The lowest BCUT2D eigenvalue weighted by Crippen LogP contribution is -2.36. The zero-order valence-electron chi connectivity index (χ0n) is 10.7. The van der Waals surface area contributed by atoms with E-state index in [2.05, 4.69) is 39.0 Å². The van der Waals surface area contributed by atoms with E-state index in [0.29, 0.717) is 0 Å². The van der Waals surface area contributed by atoms with Gasteiger partial charge >= 0.3 is 0 Å². The van der Waals surface area contributed by atoms with E-state index in [9.17, 15) is 0 Å². The van der Waals surface area contributed by atoms with Gasteiger partial charge in [0.2, 0.25) is 0 Å². The highest BCUT2D eigenvalue weighted by Gasteiger charge is 2.22. The van der Waals surface area contributed by atoms with Crippen LogP contribution in [0, 0.1) is 5.92 Å². The van der Waals surface area contributed by atoms with Gasteiger partial charge in [0.25, 0.3) is 0 Å². The third-order valence-corrected chi connectivity index (χ3v) is 5.81. The number of hydrogen-bond acceptors (Lipinski definition) is 2. The van der Waals surface area contributed by atoms with Crippen molar-refractivity contribution in [2.45, 2.75) is 30.6 Å². The lowest BCUT2D eigenvalue weighted by atomic mass is 9.98. The zero-order valence-corrected chi connectivity index (χ0v) is 13.1. The fourth-order valence-corrected chi connectivity index (χ4v) is 4.59. The van der Waals surface area contributed by atoms with Crippen molar-refractivity contribution in [1.82, 2.24) is 4.90 Å². The first kappa shape index (κ1) is 13.0. The van der Waals surface area contributed by atoms with Gasteiger partial charge in [-0.3, -0.25) is 0 Å². The summed E-state index contributed by atoms with van der Waals surface area (Å²) >= 11 is 5.64. The lowest BCUT2D eigenvalue weighted by Gasteiger charge is -2.32. The van der Waals surface area contributed by atoms with Gasteiger partial charge in [-0.25, -0.2) is 0 Å². The number of halogens is 1. The Hall–Kier alpha value is 0.01000. The minimum absolute atomic E-state index is 0.842. The number of thioether (sulfide) groups is 1. The summed E-state index contributed by atoms with van der Waals surface area (Å²) in [6.07, 6.45) is 5.51. The van der Waals surface area contributed by atoms with Crippen molar-refractivity contribution in [3.8, 4) is 0 Å². The molecule has 2 aliphatic rings. The van der Waals surface area contributed by atoms with Crippen molar-refractivity contribution >= 4 is 27.7 Å². The molecule has 98 valence electrons. The van der Waals surface area contributed by atoms with Crippen LogP contribution >= 0.6 is 27.7 Å². The van der Waals surface area contributed by atoms with Gasteiger partial charge in [0, 0.05) is 21.7 Å². The van der Waals surface area contributed by atoms with Crippen molar-refractivity contribution in [1.29, 1.82) is 0 Å². The van der Waals surface area contributed by atoms with Crippen LogP contribution in [0.5, 0.6) is 0 Å². The quantitative estimate of drug-likeness (QED) is 0.801. The van der Waals surface area contributed by atoms with Gasteiger partial charge in [-0.2, -0.15) is 0 Å². The normalized spacial score (nSPS) is 24.8. The van der Waals surface area contributed by atoms with Crippen LogP contribution in [0.3, 0.4) is 0 Å². The Bertz CT molecular complexity index is 415. The molecule has 1 aromatic carbocycles. The number of likely N-dealkylation sites (tertiary alicyclic amines) is 1. The molecule has 0 amide bonds. The molecule has 18 heavy (non-hydrogen) atoms. The van der Waals surface area contributed by atoms with Gasteiger partial charge < -0.3 is 4.90 Å². The molecular weight excluding hydrogens is 306 g/mol. The lowest BCUT2D eigenvalue weighted by molar-refractivity contribution is 0.201. The van der Waals surface area contributed by atoms with E-state index in [1.807, 2.05) is 11.8 Å². The summed E-state index contributed by atoms with van der Waals surface area (Å²) in [6, 6.07) is 6.74. The molecule has 1 saturated heterocycles. The minimum Gasteiger partial charge on any atom is -0.303 e. The number of benzene rings is 1. The van der Waals surface area contributed by atoms with Gasteiger partial charge in [-0.1, -0.05) is 22.4 Å². The number of fused-ring (bicyclic) bond motifs is 1.